The first kappa shape index (κ1) is 18.7. The van der Waals surface area contributed by atoms with Crippen LogP contribution in [0.1, 0.15) is 24.0 Å². The van der Waals surface area contributed by atoms with Gasteiger partial charge in [-0.2, -0.15) is 0 Å². The zero-order valence-electron chi connectivity index (χ0n) is 14.5. The number of nitrogens with one attached hydrogen (secondary N) is 1. The van der Waals surface area contributed by atoms with Crippen molar-refractivity contribution in [2.24, 2.45) is 0 Å². The third-order valence-corrected chi connectivity index (χ3v) is 6.30. The molecule has 2 aromatic carbocycles. The number of nitrogens with zero attached hydrogens (tertiary/aromatic N) is 1. The number of sulfonamides is 1. The molecule has 0 atom stereocenters. The molecular weight excluding hydrogens is 372 g/mol. The van der Waals surface area contributed by atoms with Crippen molar-refractivity contribution in [3.8, 4) is 0 Å². The van der Waals surface area contributed by atoms with Gasteiger partial charge in [-0.1, -0.05) is 29.8 Å². The quantitative estimate of drug-likeness (QED) is 0.816. The van der Waals surface area contributed by atoms with Gasteiger partial charge in [0.05, 0.1) is 10.6 Å². The monoisotopic (exact) mass is 392 g/mol. The lowest BCUT2D eigenvalue weighted by Gasteiger charge is -2.15. The number of likely N-dealkylation sites (tertiary alicyclic amines) is 1. The minimum atomic E-state index is -3.67. The average Bonchev–Trinajstić information content (AvgIpc) is 3.01. The lowest BCUT2D eigenvalue weighted by atomic mass is 10.1. The third-order valence-electron chi connectivity index (χ3n) is 4.50. The molecule has 1 N–H and O–H groups in total. The maximum atomic E-state index is 12.5. The Bertz CT molecular complexity index is 911. The van der Waals surface area contributed by atoms with Crippen molar-refractivity contribution in [1.82, 2.24) is 4.90 Å². The van der Waals surface area contributed by atoms with E-state index in [1.807, 2.05) is 11.8 Å². The molecule has 2 aromatic rings. The minimum absolute atomic E-state index is 0.190. The van der Waals surface area contributed by atoms with E-state index in [0.717, 1.165) is 24.1 Å². The Labute approximate surface area is 159 Å². The second-order valence-electron chi connectivity index (χ2n) is 6.45. The number of halogens is 1. The zero-order valence-corrected chi connectivity index (χ0v) is 16.1. The highest BCUT2D eigenvalue weighted by Gasteiger charge is 2.19. The van der Waals surface area contributed by atoms with Crippen molar-refractivity contribution in [3.63, 3.8) is 0 Å². The largest absolute Gasteiger partial charge is 0.342 e. The number of aryl methyl sites for hydroxylation is 1. The summed E-state index contributed by atoms with van der Waals surface area (Å²) in [6.45, 7) is 3.34. The lowest BCUT2D eigenvalue weighted by Crippen LogP contribution is -2.26. The molecule has 0 bridgehead atoms. The van der Waals surface area contributed by atoms with Gasteiger partial charge in [0.15, 0.2) is 0 Å². The molecule has 0 aliphatic carbocycles. The number of carbonyl (C=O) groups excluding carboxylic acids is 1. The molecule has 138 valence electrons. The van der Waals surface area contributed by atoms with E-state index in [9.17, 15) is 13.2 Å². The van der Waals surface area contributed by atoms with Crippen molar-refractivity contribution in [1.29, 1.82) is 0 Å². The van der Waals surface area contributed by atoms with Crippen LogP contribution in [0.4, 0.5) is 5.69 Å². The fourth-order valence-corrected chi connectivity index (χ4v) is 4.14. The first-order chi connectivity index (χ1) is 12.3. The predicted molar refractivity (Wildman–Crippen MR) is 103 cm³/mol. The number of amides is 1. The summed E-state index contributed by atoms with van der Waals surface area (Å²) in [7, 11) is -3.67. The van der Waals surface area contributed by atoms with Gasteiger partial charge in [0, 0.05) is 24.5 Å². The van der Waals surface area contributed by atoms with Crippen molar-refractivity contribution in [2.75, 3.05) is 17.8 Å². The second-order valence-corrected chi connectivity index (χ2v) is 8.54. The fourth-order valence-electron chi connectivity index (χ4n) is 2.91. The summed E-state index contributed by atoms with van der Waals surface area (Å²) >= 11 is 6.05. The number of rotatable bonds is 6. The summed E-state index contributed by atoms with van der Waals surface area (Å²) in [5, 5.41) is 0.511. The zero-order chi connectivity index (χ0) is 18.7. The van der Waals surface area contributed by atoms with Crippen molar-refractivity contribution >= 4 is 33.2 Å². The summed E-state index contributed by atoms with van der Waals surface area (Å²) in [4.78, 5) is 13.7. The molecule has 1 heterocycles. The van der Waals surface area contributed by atoms with E-state index in [-0.39, 0.29) is 10.8 Å². The average molecular weight is 393 g/mol. The SMILES string of the molecule is Cc1ccc(NS(=O)(=O)c2ccc(CCN3CCCC3=O)cc2)cc1Cl. The van der Waals surface area contributed by atoms with Crippen molar-refractivity contribution in [2.45, 2.75) is 31.1 Å². The smallest absolute Gasteiger partial charge is 0.261 e. The molecule has 0 unspecified atom stereocenters. The molecule has 0 saturated carbocycles. The third kappa shape index (κ3) is 4.37. The van der Waals surface area contributed by atoms with E-state index in [2.05, 4.69) is 4.72 Å². The van der Waals surface area contributed by atoms with Crippen LogP contribution in [0.15, 0.2) is 47.4 Å². The molecule has 1 aliphatic rings. The van der Waals surface area contributed by atoms with Gasteiger partial charge in [0.2, 0.25) is 5.91 Å². The highest BCUT2D eigenvalue weighted by atomic mass is 35.5. The molecule has 1 saturated heterocycles. The lowest BCUT2D eigenvalue weighted by molar-refractivity contribution is -0.127. The van der Waals surface area contributed by atoms with Crippen LogP contribution in [0, 0.1) is 6.92 Å². The van der Waals surface area contributed by atoms with Crippen LogP contribution in [-0.4, -0.2) is 32.3 Å². The van der Waals surface area contributed by atoms with E-state index in [1.165, 1.54) is 0 Å². The molecule has 5 nitrogen and oxygen atoms in total. The number of hydrogen-bond donors (Lipinski definition) is 1. The first-order valence-electron chi connectivity index (χ1n) is 8.51. The van der Waals surface area contributed by atoms with Gasteiger partial charge in [0.25, 0.3) is 10.0 Å². The van der Waals surface area contributed by atoms with E-state index < -0.39 is 10.0 Å². The summed E-state index contributed by atoms with van der Waals surface area (Å²) in [6, 6.07) is 11.8. The Morgan fingerprint density at radius 1 is 1.15 bits per heavy atom. The Morgan fingerprint density at radius 3 is 2.50 bits per heavy atom. The highest BCUT2D eigenvalue weighted by molar-refractivity contribution is 7.92. The number of anilines is 1. The molecule has 1 amide bonds. The Kier molecular flexibility index (Phi) is 5.53. The number of hydrogen-bond acceptors (Lipinski definition) is 3. The topological polar surface area (TPSA) is 66.5 Å². The highest BCUT2D eigenvalue weighted by Crippen LogP contribution is 2.23. The van der Waals surface area contributed by atoms with Crippen LogP contribution in [0.25, 0.3) is 0 Å². The van der Waals surface area contributed by atoms with Gasteiger partial charge >= 0.3 is 0 Å². The van der Waals surface area contributed by atoms with Gasteiger partial charge in [0.1, 0.15) is 0 Å². The second kappa shape index (κ2) is 7.68. The fraction of sp³-hybridized carbons (Fsp3) is 0.316. The van der Waals surface area contributed by atoms with Crippen LogP contribution in [-0.2, 0) is 21.2 Å². The maximum absolute atomic E-state index is 12.5. The molecule has 1 fully saturated rings. The number of carbonyl (C=O) groups is 1. The Hall–Kier alpha value is -2.05. The van der Waals surface area contributed by atoms with Crippen LogP contribution < -0.4 is 4.72 Å². The van der Waals surface area contributed by atoms with Gasteiger partial charge in [-0.05, 0) is 55.2 Å². The Morgan fingerprint density at radius 2 is 1.88 bits per heavy atom. The normalized spacial score (nSPS) is 14.7. The van der Waals surface area contributed by atoms with Gasteiger partial charge in [-0.3, -0.25) is 9.52 Å². The van der Waals surface area contributed by atoms with Gasteiger partial charge in [-0.25, -0.2) is 8.42 Å². The Balaban J connectivity index is 1.66. The van der Waals surface area contributed by atoms with Gasteiger partial charge < -0.3 is 4.90 Å². The van der Waals surface area contributed by atoms with Crippen molar-refractivity contribution in [3.05, 3.63) is 58.6 Å². The molecule has 26 heavy (non-hydrogen) atoms. The molecule has 1 aliphatic heterocycles. The van der Waals surface area contributed by atoms with Crippen LogP contribution >= 0.6 is 11.6 Å². The minimum Gasteiger partial charge on any atom is -0.342 e. The van der Waals surface area contributed by atoms with Gasteiger partial charge in [-0.15, -0.1) is 0 Å². The summed E-state index contributed by atoms with van der Waals surface area (Å²) in [5.41, 5.74) is 2.31. The van der Waals surface area contributed by atoms with E-state index in [1.54, 1.807) is 42.5 Å². The number of benzene rings is 2. The predicted octanol–water partition coefficient (Wildman–Crippen LogP) is 3.61. The van der Waals surface area contributed by atoms with Crippen LogP contribution in [0.3, 0.4) is 0 Å². The van der Waals surface area contributed by atoms with Crippen LogP contribution in [0.5, 0.6) is 0 Å². The van der Waals surface area contributed by atoms with Crippen molar-refractivity contribution < 1.29 is 13.2 Å². The standard InChI is InChI=1S/C19H21ClN2O3S/c1-14-4-7-16(13-18(14)20)21-26(24,25)17-8-5-15(6-9-17)10-12-22-11-2-3-19(22)23/h4-9,13,21H,2-3,10-12H2,1H3. The first-order valence-corrected chi connectivity index (χ1v) is 10.4. The van der Waals surface area contributed by atoms with E-state index >= 15 is 0 Å². The molecule has 0 radical (unpaired) electrons. The van der Waals surface area contributed by atoms with E-state index in [4.69, 9.17) is 11.6 Å². The molecule has 3 rings (SSSR count). The molecular formula is C19H21ClN2O3S. The molecule has 0 spiro atoms. The summed E-state index contributed by atoms with van der Waals surface area (Å²) in [5.74, 6) is 0.199. The molecule has 0 aromatic heterocycles. The van der Waals surface area contributed by atoms with E-state index in [0.29, 0.717) is 30.1 Å². The summed E-state index contributed by atoms with van der Waals surface area (Å²) < 4.78 is 27.6. The summed E-state index contributed by atoms with van der Waals surface area (Å²) in [6.07, 6.45) is 2.27. The maximum Gasteiger partial charge on any atom is 0.261 e. The molecule has 7 heteroatoms. The van der Waals surface area contributed by atoms with Crippen LogP contribution in [0.2, 0.25) is 5.02 Å².